The fraction of sp³-hybridized carbons (Fsp3) is 0.0769. The summed E-state index contributed by atoms with van der Waals surface area (Å²) in [5, 5.41) is 0.365. The van der Waals surface area contributed by atoms with Crippen molar-refractivity contribution in [2.75, 3.05) is 5.73 Å². The largest absolute Gasteiger partial charge is 0.573 e. The number of benzene rings is 2. The molecule has 100 valence electrons. The van der Waals surface area contributed by atoms with E-state index in [0.29, 0.717) is 21.8 Å². The van der Waals surface area contributed by atoms with Crippen LogP contribution >= 0.6 is 11.6 Å². The van der Waals surface area contributed by atoms with Crippen molar-refractivity contribution in [1.82, 2.24) is 0 Å². The smallest absolute Gasteiger partial charge is 0.406 e. The summed E-state index contributed by atoms with van der Waals surface area (Å²) in [6, 6.07) is 10.4. The third-order valence-corrected chi connectivity index (χ3v) is 2.72. The average Bonchev–Trinajstić information content (AvgIpc) is 2.26. The molecule has 2 rings (SSSR count). The van der Waals surface area contributed by atoms with Crippen molar-refractivity contribution in [1.29, 1.82) is 0 Å². The van der Waals surface area contributed by atoms with E-state index in [9.17, 15) is 13.2 Å². The van der Waals surface area contributed by atoms with E-state index in [-0.39, 0.29) is 5.75 Å². The zero-order chi connectivity index (χ0) is 14.0. The van der Waals surface area contributed by atoms with E-state index in [1.807, 2.05) is 0 Å². The van der Waals surface area contributed by atoms with E-state index >= 15 is 0 Å². The van der Waals surface area contributed by atoms with Crippen molar-refractivity contribution in [3.05, 3.63) is 47.5 Å². The first-order valence-electron chi connectivity index (χ1n) is 5.27. The Hall–Kier alpha value is -1.88. The Morgan fingerprint density at radius 2 is 1.74 bits per heavy atom. The number of nitrogen functional groups attached to an aromatic ring is 1. The summed E-state index contributed by atoms with van der Waals surface area (Å²) in [6.07, 6.45) is -4.73. The number of alkyl halides is 3. The molecule has 0 aromatic heterocycles. The van der Waals surface area contributed by atoms with Gasteiger partial charge in [0.15, 0.2) is 0 Å². The van der Waals surface area contributed by atoms with Crippen LogP contribution in [0.3, 0.4) is 0 Å². The van der Waals surface area contributed by atoms with E-state index in [2.05, 4.69) is 4.74 Å². The van der Waals surface area contributed by atoms with Crippen LogP contribution in [0.1, 0.15) is 0 Å². The molecule has 0 atom stereocenters. The van der Waals surface area contributed by atoms with Gasteiger partial charge in [-0.25, -0.2) is 0 Å². The summed E-state index contributed by atoms with van der Waals surface area (Å²) in [6.45, 7) is 0. The zero-order valence-electron chi connectivity index (χ0n) is 9.54. The highest BCUT2D eigenvalue weighted by atomic mass is 35.5. The van der Waals surface area contributed by atoms with Crippen LogP contribution in [0.15, 0.2) is 42.5 Å². The monoisotopic (exact) mass is 287 g/mol. The molecule has 2 N–H and O–H groups in total. The molecular weight excluding hydrogens is 279 g/mol. The topological polar surface area (TPSA) is 35.2 Å². The molecule has 0 spiro atoms. The fourth-order valence-corrected chi connectivity index (χ4v) is 1.99. The average molecular weight is 288 g/mol. The van der Waals surface area contributed by atoms with Crippen molar-refractivity contribution in [2.45, 2.75) is 6.36 Å². The second-order valence-electron chi connectivity index (χ2n) is 3.78. The Labute approximate surface area is 112 Å². The van der Waals surface area contributed by atoms with Crippen LogP contribution in [-0.4, -0.2) is 6.36 Å². The molecule has 0 aliphatic heterocycles. The normalized spacial score (nSPS) is 11.4. The summed E-state index contributed by atoms with van der Waals surface area (Å²) in [5.41, 5.74) is 7.12. The van der Waals surface area contributed by atoms with Gasteiger partial charge in [0.1, 0.15) is 5.75 Å². The van der Waals surface area contributed by atoms with Crippen LogP contribution in [0, 0.1) is 0 Å². The summed E-state index contributed by atoms with van der Waals surface area (Å²) >= 11 is 6.01. The Bertz CT molecular complexity index is 578. The second-order valence-corrected chi connectivity index (χ2v) is 4.19. The summed E-state index contributed by atoms with van der Waals surface area (Å²) in [4.78, 5) is 0. The van der Waals surface area contributed by atoms with Gasteiger partial charge in [0, 0.05) is 11.3 Å². The Morgan fingerprint density at radius 1 is 1.05 bits per heavy atom. The molecule has 19 heavy (non-hydrogen) atoms. The third kappa shape index (κ3) is 3.32. The van der Waals surface area contributed by atoms with Crippen LogP contribution in [0.4, 0.5) is 18.9 Å². The maximum atomic E-state index is 12.2. The first-order valence-corrected chi connectivity index (χ1v) is 5.65. The molecule has 0 amide bonds. The van der Waals surface area contributed by atoms with Gasteiger partial charge in [-0.2, -0.15) is 0 Å². The van der Waals surface area contributed by atoms with Crippen molar-refractivity contribution >= 4 is 17.3 Å². The molecule has 0 unspecified atom stereocenters. The molecule has 2 aromatic rings. The molecule has 0 aliphatic carbocycles. The number of hydrogen-bond acceptors (Lipinski definition) is 2. The predicted octanol–water partition coefficient (Wildman–Crippen LogP) is 4.49. The van der Waals surface area contributed by atoms with Crippen molar-refractivity contribution < 1.29 is 17.9 Å². The van der Waals surface area contributed by atoms with Gasteiger partial charge in [-0.15, -0.1) is 13.2 Å². The maximum Gasteiger partial charge on any atom is 0.573 e. The lowest BCUT2D eigenvalue weighted by atomic mass is 10.0. The summed E-state index contributed by atoms with van der Waals surface area (Å²) < 4.78 is 40.3. The van der Waals surface area contributed by atoms with E-state index in [0.717, 1.165) is 0 Å². The number of ether oxygens (including phenoxy) is 1. The van der Waals surface area contributed by atoms with Gasteiger partial charge in [0.25, 0.3) is 0 Å². The molecule has 0 bridgehead atoms. The van der Waals surface area contributed by atoms with Crippen LogP contribution in [0.5, 0.6) is 5.75 Å². The minimum absolute atomic E-state index is 0.315. The van der Waals surface area contributed by atoms with E-state index in [1.54, 1.807) is 24.3 Å². The van der Waals surface area contributed by atoms with Gasteiger partial charge < -0.3 is 10.5 Å². The SMILES string of the molecule is Nc1cccc(Cl)c1-c1cccc(OC(F)(F)F)c1. The van der Waals surface area contributed by atoms with Gasteiger partial charge in [-0.1, -0.05) is 29.8 Å². The number of anilines is 1. The predicted molar refractivity (Wildman–Crippen MR) is 68.0 cm³/mol. The molecular formula is C13H9ClF3NO. The molecule has 0 heterocycles. The molecule has 0 aliphatic rings. The summed E-state index contributed by atoms with van der Waals surface area (Å²) in [7, 11) is 0. The van der Waals surface area contributed by atoms with E-state index in [1.165, 1.54) is 18.2 Å². The van der Waals surface area contributed by atoms with E-state index in [4.69, 9.17) is 17.3 Å². The minimum Gasteiger partial charge on any atom is -0.406 e. The Balaban J connectivity index is 2.44. The van der Waals surface area contributed by atoms with Gasteiger partial charge in [-0.3, -0.25) is 0 Å². The molecule has 0 saturated heterocycles. The molecule has 0 fully saturated rings. The van der Waals surface area contributed by atoms with Crippen molar-refractivity contribution in [3.63, 3.8) is 0 Å². The Kier molecular flexibility index (Phi) is 3.57. The second kappa shape index (κ2) is 5.01. The minimum atomic E-state index is -4.73. The number of halogens is 4. The molecule has 6 heteroatoms. The fourth-order valence-electron chi connectivity index (χ4n) is 1.69. The maximum absolute atomic E-state index is 12.2. The van der Waals surface area contributed by atoms with Crippen molar-refractivity contribution in [3.8, 4) is 16.9 Å². The molecule has 0 saturated carbocycles. The van der Waals surface area contributed by atoms with Crippen LogP contribution in [0.2, 0.25) is 5.02 Å². The van der Waals surface area contributed by atoms with Crippen LogP contribution < -0.4 is 10.5 Å². The lowest BCUT2D eigenvalue weighted by molar-refractivity contribution is -0.274. The van der Waals surface area contributed by atoms with Crippen LogP contribution in [-0.2, 0) is 0 Å². The van der Waals surface area contributed by atoms with Gasteiger partial charge >= 0.3 is 6.36 Å². The molecule has 2 aromatic carbocycles. The highest BCUT2D eigenvalue weighted by molar-refractivity contribution is 6.34. The van der Waals surface area contributed by atoms with Gasteiger partial charge in [-0.05, 0) is 29.8 Å². The third-order valence-electron chi connectivity index (χ3n) is 2.40. The molecule has 0 radical (unpaired) electrons. The van der Waals surface area contributed by atoms with Crippen molar-refractivity contribution in [2.24, 2.45) is 0 Å². The quantitative estimate of drug-likeness (QED) is 0.826. The summed E-state index contributed by atoms with van der Waals surface area (Å²) in [5.74, 6) is -0.315. The zero-order valence-corrected chi connectivity index (χ0v) is 10.3. The Morgan fingerprint density at radius 3 is 2.37 bits per heavy atom. The first kappa shape index (κ1) is 13.5. The number of hydrogen-bond donors (Lipinski definition) is 1. The van der Waals surface area contributed by atoms with Gasteiger partial charge in [0.2, 0.25) is 0 Å². The lowest BCUT2D eigenvalue weighted by Gasteiger charge is -2.12. The van der Waals surface area contributed by atoms with E-state index < -0.39 is 6.36 Å². The number of rotatable bonds is 2. The first-order chi connectivity index (χ1) is 8.87. The highest BCUT2D eigenvalue weighted by Crippen LogP contribution is 2.35. The molecule has 2 nitrogen and oxygen atoms in total. The highest BCUT2D eigenvalue weighted by Gasteiger charge is 2.31. The van der Waals surface area contributed by atoms with Gasteiger partial charge in [0.05, 0.1) is 5.02 Å². The lowest BCUT2D eigenvalue weighted by Crippen LogP contribution is -2.17. The standard InChI is InChI=1S/C13H9ClF3NO/c14-10-5-2-6-11(18)12(10)8-3-1-4-9(7-8)19-13(15,16)17/h1-7H,18H2. The number of nitrogens with two attached hydrogens (primary N) is 1. The van der Waals surface area contributed by atoms with Crippen LogP contribution in [0.25, 0.3) is 11.1 Å².